The van der Waals surface area contributed by atoms with Crippen LogP contribution in [0, 0.1) is 5.82 Å². The highest BCUT2D eigenvalue weighted by Crippen LogP contribution is 2.31. The molecule has 1 aliphatic rings. The Hall–Kier alpha value is -2.73. The first-order valence-corrected chi connectivity index (χ1v) is 8.73. The molecule has 132 valence electrons. The highest BCUT2D eigenvalue weighted by molar-refractivity contribution is 6.31. The topological polar surface area (TPSA) is 51.0 Å². The van der Waals surface area contributed by atoms with Crippen LogP contribution in [0.2, 0.25) is 5.02 Å². The van der Waals surface area contributed by atoms with Crippen molar-refractivity contribution in [3.8, 4) is 5.69 Å². The van der Waals surface area contributed by atoms with Crippen LogP contribution >= 0.6 is 11.6 Å². The molecule has 1 aliphatic carbocycles. The Morgan fingerprint density at radius 2 is 1.96 bits per heavy atom. The molecule has 0 bridgehead atoms. The van der Waals surface area contributed by atoms with Gasteiger partial charge in [-0.1, -0.05) is 35.9 Å². The van der Waals surface area contributed by atoms with E-state index in [2.05, 4.69) is 10.2 Å². The Kier molecular flexibility index (Phi) is 4.42. The van der Waals surface area contributed by atoms with Gasteiger partial charge < -0.3 is 4.90 Å². The predicted octanol–water partition coefficient (Wildman–Crippen LogP) is 3.86. The molecule has 0 spiro atoms. The molecule has 0 atom stereocenters. The summed E-state index contributed by atoms with van der Waals surface area (Å²) < 4.78 is 14.1. The second kappa shape index (κ2) is 6.88. The van der Waals surface area contributed by atoms with E-state index in [1.165, 1.54) is 17.1 Å². The van der Waals surface area contributed by atoms with E-state index in [0.29, 0.717) is 10.6 Å². The number of amides is 1. The van der Waals surface area contributed by atoms with Gasteiger partial charge in [-0.05, 0) is 37.1 Å². The van der Waals surface area contributed by atoms with Gasteiger partial charge in [0, 0.05) is 16.6 Å². The molecule has 3 aromatic rings. The van der Waals surface area contributed by atoms with E-state index in [4.69, 9.17) is 11.6 Å². The van der Waals surface area contributed by atoms with Crippen molar-refractivity contribution in [3.05, 3.63) is 76.8 Å². The number of para-hydroxylation sites is 1. The van der Waals surface area contributed by atoms with Crippen molar-refractivity contribution in [1.29, 1.82) is 0 Å². The highest BCUT2D eigenvalue weighted by Gasteiger charge is 2.35. The maximum Gasteiger partial charge on any atom is 0.276 e. The molecule has 26 heavy (non-hydrogen) atoms. The van der Waals surface area contributed by atoms with Gasteiger partial charge in [-0.3, -0.25) is 4.79 Å². The number of rotatable bonds is 5. The maximum atomic E-state index is 14.1. The number of nitrogens with zero attached hydrogens (tertiary/aromatic N) is 4. The fourth-order valence-corrected chi connectivity index (χ4v) is 3.02. The van der Waals surface area contributed by atoms with Crippen molar-refractivity contribution in [2.45, 2.75) is 25.4 Å². The molecule has 1 aromatic heterocycles. The first kappa shape index (κ1) is 16.7. The number of aromatic nitrogens is 3. The summed E-state index contributed by atoms with van der Waals surface area (Å²) in [6, 6.07) is 14.0. The van der Waals surface area contributed by atoms with Crippen molar-refractivity contribution in [3.63, 3.8) is 0 Å². The van der Waals surface area contributed by atoms with Crippen LogP contribution in [-0.4, -0.2) is 31.8 Å². The van der Waals surface area contributed by atoms with Crippen molar-refractivity contribution >= 4 is 17.5 Å². The van der Waals surface area contributed by atoms with Gasteiger partial charge in [-0.25, -0.2) is 4.39 Å². The van der Waals surface area contributed by atoms with E-state index < -0.39 is 5.82 Å². The Labute approximate surface area is 155 Å². The van der Waals surface area contributed by atoms with Crippen molar-refractivity contribution in [1.82, 2.24) is 19.9 Å². The summed E-state index contributed by atoms with van der Waals surface area (Å²) in [6.07, 6.45) is 3.23. The molecule has 7 heteroatoms. The minimum Gasteiger partial charge on any atom is -0.330 e. The Balaban J connectivity index is 1.60. The Morgan fingerprint density at radius 3 is 2.65 bits per heavy atom. The number of benzene rings is 2. The van der Waals surface area contributed by atoms with Gasteiger partial charge in [0.15, 0.2) is 5.69 Å². The monoisotopic (exact) mass is 370 g/mol. The van der Waals surface area contributed by atoms with E-state index in [1.807, 2.05) is 30.3 Å². The van der Waals surface area contributed by atoms with E-state index in [0.717, 1.165) is 18.5 Å². The molecular formula is C19H16ClFN4O. The van der Waals surface area contributed by atoms with Gasteiger partial charge in [-0.2, -0.15) is 9.90 Å². The Bertz CT molecular complexity index is 919. The lowest BCUT2D eigenvalue weighted by Crippen LogP contribution is -2.33. The number of hydrogen-bond donors (Lipinski definition) is 0. The second-order valence-corrected chi connectivity index (χ2v) is 6.63. The van der Waals surface area contributed by atoms with Crippen molar-refractivity contribution in [2.75, 3.05) is 0 Å². The molecule has 0 aliphatic heterocycles. The summed E-state index contributed by atoms with van der Waals surface area (Å²) >= 11 is 6.12. The summed E-state index contributed by atoms with van der Waals surface area (Å²) in [5, 5.41) is 8.77. The third-order valence-corrected chi connectivity index (χ3v) is 4.69. The van der Waals surface area contributed by atoms with Gasteiger partial charge in [0.1, 0.15) is 5.82 Å². The first-order valence-electron chi connectivity index (χ1n) is 8.35. The van der Waals surface area contributed by atoms with Gasteiger partial charge in [0.05, 0.1) is 18.4 Å². The molecule has 0 unspecified atom stereocenters. The van der Waals surface area contributed by atoms with E-state index in [9.17, 15) is 9.18 Å². The lowest BCUT2D eigenvalue weighted by molar-refractivity contribution is 0.0722. The molecule has 1 amide bonds. The zero-order valence-corrected chi connectivity index (χ0v) is 14.6. The fourth-order valence-electron chi connectivity index (χ4n) is 2.80. The average molecular weight is 371 g/mol. The molecule has 4 rings (SSSR count). The summed E-state index contributed by atoms with van der Waals surface area (Å²) in [6.45, 7) is 0.118. The zero-order chi connectivity index (χ0) is 18.1. The Morgan fingerprint density at radius 1 is 1.19 bits per heavy atom. The third-order valence-electron chi connectivity index (χ3n) is 4.34. The summed E-state index contributed by atoms with van der Waals surface area (Å²) in [5.41, 5.74) is 1.32. The number of carbonyl (C=O) groups excluding carboxylic acids is 1. The number of carbonyl (C=O) groups is 1. The first-order chi connectivity index (χ1) is 12.6. The van der Waals surface area contributed by atoms with E-state index in [1.54, 1.807) is 17.0 Å². The molecule has 0 N–H and O–H groups in total. The fraction of sp³-hybridized carbons (Fsp3) is 0.211. The number of halogens is 2. The molecule has 2 aromatic carbocycles. The third kappa shape index (κ3) is 3.32. The lowest BCUT2D eigenvalue weighted by atomic mass is 10.2. The maximum absolute atomic E-state index is 14.1. The van der Waals surface area contributed by atoms with Gasteiger partial charge >= 0.3 is 0 Å². The SMILES string of the molecule is O=C(c1cnn(-c2ccccc2)n1)N(Cc1c(F)cccc1Cl)C1CC1. The highest BCUT2D eigenvalue weighted by atomic mass is 35.5. The zero-order valence-electron chi connectivity index (χ0n) is 13.8. The standard InChI is InChI=1S/C19H16ClFN4O/c20-16-7-4-8-17(21)15(16)12-24(13-9-10-13)19(26)18-11-22-25(23-18)14-5-2-1-3-6-14/h1-8,11,13H,9-10,12H2. The van der Waals surface area contributed by atoms with Crippen LogP contribution in [-0.2, 0) is 6.54 Å². The van der Waals surface area contributed by atoms with Gasteiger partial charge in [0.25, 0.3) is 5.91 Å². The minimum atomic E-state index is -0.413. The molecule has 1 saturated carbocycles. The molecule has 5 nitrogen and oxygen atoms in total. The molecule has 0 radical (unpaired) electrons. The van der Waals surface area contributed by atoms with Crippen LogP contribution < -0.4 is 0 Å². The predicted molar refractivity (Wildman–Crippen MR) is 95.7 cm³/mol. The molecule has 1 heterocycles. The van der Waals surface area contributed by atoms with Crippen LogP contribution in [0.25, 0.3) is 5.69 Å². The van der Waals surface area contributed by atoms with Crippen LogP contribution in [0.3, 0.4) is 0 Å². The van der Waals surface area contributed by atoms with Crippen molar-refractivity contribution in [2.24, 2.45) is 0 Å². The van der Waals surface area contributed by atoms with Gasteiger partial charge in [-0.15, -0.1) is 5.10 Å². The van der Waals surface area contributed by atoms with E-state index >= 15 is 0 Å². The molecular weight excluding hydrogens is 355 g/mol. The lowest BCUT2D eigenvalue weighted by Gasteiger charge is -2.22. The smallest absolute Gasteiger partial charge is 0.276 e. The molecule has 1 fully saturated rings. The minimum absolute atomic E-state index is 0.0834. The summed E-state index contributed by atoms with van der Waals surface area (Å²) in [4.78, 5) is 16.0. The largest absolute Gasteiger partial charge is 0.330 e. The number of hydrogen-bond acceptors (Lipinski definition) is 3. The second-order valence-electron chi connectivity index (χ2n) is 6.22. The van der Waals surface area contributed by atoms with Crippen LogP contribution in [0.15, 0.2) is 54.7 Å². The van der Waals surface area contributed by atoms with E-state index in [-0.39, 0.29) is 24.2 Å². The van der Waals surface area contributed by atoms with Crippen LogP contribution in [0.4, 0.5) is 4.39 Å². The quantitative estimate of drug-likeness (QED) is 0.685. The summed E-state index contributed by atoms with van der Waals surface area (Å²) in [7, 11) is 0. The summed E-state index contributed by atoms with van der Waals surface area (Å²) in [5.74, 6) is -0.683. The van der Waals surface area contributed by atoms with Crippen LogP contribution in [0.1, 0.15) is 28.9 Å². The van der Waals surface area contributed by atoms with Crippen LogP contribution in [0.5, 0.6) is 0 Å². The molecule has 0 saturated heterocycles. The average Bonchev–Trinajstić information content (AvgIpc) is 3.37. The van der Waals surface area contributed by atoms with Gasteiger partial charge in [0.2, 0.25) is 0 Å². The van der Waals surface area contributed by atoms with Crippen molar-refractivity contribution < 1.29 is 9.18 Å². The normalized spacial score (nSPS) is 13.6.